The number of nitrogens with one attached hydrogen (secondary N) is 2. The molecule has 0 fully saturated rings. The molecule has 0 unspecified atom stereocenters. The Morgan fingerprint density at radius 3 is 3.06 bits per heavy atom. The average Bonchev–Trinajstić information content (AvgIpc) is 2.87. The Balaban J connectivity index is 0.00000144. The fraction of sp³-hybridized carbons (Fsp3) is 0.250. The van der Waals surface area contributed by atoms with Gasteiger partial charge in [-0.3, -0.25) is 10.1 Å². The number of nitrogens with zero attached hydrogens (tertiary/aromatic N) is 3. The van der Waals surface area contributed by atoms with Crippen LogP contribution in [0.2, 0.25) is 0 Å². The molecule has 0 saturated heterocycles. The largest absolute Gasteiger partial charge is 0.433 e. The van der Waals surface area contributed by atoms with Gasteiger partial charge in [0.2, 0.25) is 5.96 Å². The van der Waals surface area contributed by atoms with Crippen LogP contribution < -0.4 is 10.7 Å². The van der Waals surface area contributed by atoms with E-state index in [2.05, 4.69) is 20.8 Å². The van der Waals surface area contributed by atoms with Gasteiger partial charge < -0.3 is 9.73 Å². The molecule has 1 aliphatic rings. The van der Waals surface area contributed by atoms with Crippen LogP contribution in [0.1, 0.15) is 5.76 Å². The summed E-state index contributed by atoms with van der Waals surface area (Å²) >= 11 is 0. The van der Waals surface area contributed by atoms with Crippen molar-refractivity contribution in [3.63, 3.8) is 0 Å². The molecule has 0 spiro atoms. The van der Waals surface area contributed by atoms with Crippen LogP contribution in [0, 0.1) is 10.1 Å². The average molecular weight is 260 g/mol. The number of nitro groups is 1. The lowest BCUT2D eigenvalue weighted by molar-refractivity contribution is -0.402. The first-order valence-electron chi connectivity index (χ1n) is 4.57. The molecule has 92 valence electrons. The molecule has 0 aliphatic carbocycles. The molecule has 2 heterocycles. The normalized spacial score (nSPS) is 14.0. The van der Waals surface area contributed by atoms with Crippen LogP contribution in [0.5, 0.6) is 0 Å². The van der Waals surface area contributed by atoms with Gasteiger partial charge in [0, 0.05) is 6.54 Å². The fourth-order valence-electron chi connectivity index (χ4n) is 1.14. The Morgan fingerprint density at radius 1 is 1.65 bits per heavy atom. The molecule has 1 aromatic heterocycles. The number of furan rings is 1. The minimum Gasteiger partial charge on any atom is -0.400 e. The second kappa shape index (κ2) is 5.85. The first-order chi connectivity index (χ1) is 7.75. The summed E-state index contributed by atoms with van der Waals surface area (Å²) in [5, 5.41) is 17.1. The molecule has 17 heavy (non-hydrogen) atoms. The number of halogens is 1. The topological polar surface area (TPSA) is 105 Å². The first kappa shape index (κ1) is 13.0. The van der Waals surface area contributed by atoms with E-state index in [9.17, 15) is 10.1 Å². The van der Waals surface area contributed by atoms with Gasteiger partial charge in [0.05, 0.1) is 18.8 Å². The van der Waals surface area contributed by atoms with Gasteiger partial charge in [0.25, 0.3) is 0 Å². The highest BCUT2D eigenvalue weighted by atomic mass is 35.5. The second-order valence-electron chi connectivity index (χ2n) is 2.96. The predicted octanol–water partition coefficient (Wildman–Crippen LogP) is 0.492. The van der Waals surface area contributed by atoms with Crippen molar-refractivity contribution >= 4 is 30.5 Å². The third-order valence-electron chi connectivity index (χ3n) is 1.83. The smallest absolute Gasteiger partial charge is 0.400 e. The van der Waals surface area contributed by atoms with Crippen molar-refractivity contribution in [2.24, 2.45) is 10.1 Å². The maximum atomic E-state index is 10.3. The molecule has 0 amide bonds. The lowest BCUT2D eigenvalue weighted by Crippen LogP contribution is -2.30. The standard InChI is InChI=1S/C8H9N5O3.ClH/c14-13(15)7-2-1-6(16-7)5-11-12-8-9-3-4-10-8;/h1-2,5H,3-4H2,(H2,9,10,12);1H. The van der Waals surface area contributed by atoms with Crippen molar-refractivity contribution in [1.82, 2.24) is 10.7 Å². The molecule has 9 heteroatoms. The molecule has 1 aromatic rings. The summed E-state index contributed by atoms with van der Waals surface area (Å²) in [5.41, 5.74) is 2.65. The zero-order chi connectivity index (χ0) is 11.4. The molecule has 1 aliphatic heterocycles. The van der Waals surface area contributed by atoms with Gasteiger partial charge in [0.15, 0.2) is 5.76 Å². The number of aliphatic imine (C=N–C) groups is 1. The minimum atomic E-state index is -0.604. The molecule has 8 nitrogen and oxygen atoms in total. The van der Waals surface area contributed by atoms with Gasteiger partial charge in [0.1, 0.15) is 4.92 Å². The molecule has 0 saturated carbocycles. The summed E-state index contributed by atoms with van der Waals surface area (Å²) in [4.78, 5) is 13.8. The van der Waals surface area contributed by atoms with E-state index in [0.717, 1.165) is 6.54 Å². The molecule has 0 radical (unpaired) electrons. The lowest BCUT2D eigenvalue weighted by Gasteiger charge is -1.97. The molecule has 2 N–H and O–H groups in total. The summed E-state index contributed by atoms with van der Waals surface area (Å²) in [5.74, 6) is 0.577. The highest BCUT2D eigenvalue weighted by molar-refractivity contribution is 5.85. The van der Waals surface area contributed by atoms with Crippen LogP contribution in [0.4, 0.5) is 5.88 Å². The highest BCUT2D eigenvalue weighted by Gasteiger charge is 2.10. The second-order valence-corrected chi connectivity index (χ2v) is 2.96. The zero-order valence-corrected chi connectivity index (χ0v) is 9.44. The fourth-order valence-corrected chi connectivity index (χ4v) is 1.14. The Hall–Kier alpha value is -2.09. The summed E-state index contributed by atoms with van der Waals surface area (Å²) < 4.78 is 4.86. The molecular formula is C8H10ClN5O3. The maximum absolute atomic E-state index is 10.3. The number of rotatable bonds is 3. The van der Waals surface area contributed by atoms with E-state index in [1.54, 1.807) is 0 Å². The SMILES string of the molecule is Cl.O=[N+]([O-])c1ccc(C=NNC2=NCCN2)o1. The van der Waals surface area contributed by atoms with E-state index < -0.39 is 4.92 Å². The van der Waals surface area contributed by atoms with Crippen LogP contribution in [-0.2, 0) is 0 Å². The van der Waals surface area contributed by atoms with E-state index in [4.69, 9.17) is 4.42 Å². The van der Waals surface area contributed by atoms with E-state index >= 15 is 0 Å². The molecule has 2 rings (SSSR count). The van der Waals surface area contributed by atoms with Gasteiger partial charge >= 0.3 is 5.88 Å². The quantitative estimate of drug-likeness (QED) is 0.467. The summed E-state index contributed by atoms with van der Waals surface area (Å²) in [6.45, 7) is 1.49. The lowest BCUT2D eigenvalue weighted by atomic mass is 10.5. The van der Waals surface area contributed by atoms with Gasteiger partial charge in [-0.1, -0.05) is 0 Å². The Bertz CT molecular complexity index is 456. The van der Waals surface area contributed by atoms with Crippen molar-refractivity contribution < 1.29 is 9.34 Å². The van der Waals surface area contributed by atoms with Gasteiger partial charge in [-0.25, -0.2) is 10.4 Å². The zero-order valence-electron chi connectivity index (χ0n) is 8.62. The van der Waals surface area contributed by atoms with Gasteiger partial charge in [-0.15, -0.1) is 12.4 Å². The van der Waals surface area contributed by atoms with E-state index in [0.29, 0.717) is 18.3 Å². The van der Waals surface area contributed by atoms with E-state index in [-0.39, 0.29) is 18.3 Å². The maximum Gasteiger partial charge on any atom is 0.433 e. The number of hydrogen-bond donors (Lipinski definition) is 2. The Kier molecular flexibility index (Phi) is 4.46. The van der Waals surface area contributed by atoms with Crippen LogP contribution in [0.15, 0.2) is 26.6 Å². The van der Waals surface area contributed by atoms with E-state index in [1.165, 1.54) is 18.3 Å². The Labute approximate surface area is 102 Å². The Morgan fingerprint density at radius 2 is 2.47 bits per heavy atom. The highest BCUT2D eigenvalue weighted by Crippen LogP contribution is 2.13. The van der Waals surface area contributed by atoms with Gasteiger partial charge in [-0.05, 0) is 6.07 Å². The minimum absolute atomic E-state index is 0. The number of guanidine groups is 1. The third-order valence-corrected chi connectivity index (χ3v) is 1.83. The first-order valence-corrected chi connectivity index (χ1v) is 4.57. The molecular weight excluding hydrogens is 250 g/mol. The third kappa shape index (κ3) is 3.45. The monoisotopic (exact) mass is 259 g/mol. The molecule has 0 aromatic carbocycles. The van der Waals surface area contributed by atoms with E-state index in [1.807, 2.05) is 0 Å². The summed E-state index contributed by atoms with van der Waals surface area (Å²) in [7, 11) is 0. The van der Waals surface area contributed by atoms with Crippen molar-refractivity contribution in [3.05, 3.63) is 28.0 Å². The summed E-state index contributed by atoms with van der Waals surface area (Å²) in [6, 6.07) is 2.74. The van der Waals surface area contributed by atoms with Crippen LogP contribution in [-0.4, -0.2) is 30.2 Å². The molecule has 0 bridgehead atoms. The van der Waals surface area contributed by atoms with Crippen LogP contribution >= 0.6 is 12.4 Å². The summed E-state index contributed by atoms with van der Waals surface area (Å²) in [6.07, 6.45) is 1.34. The van der Waals surface area contributed by atoms with Crippen molar-refractivity contribution in [1.29, 1.82) is 0 Å². The van der Waals surface area contributed by atoms with Crippen molar-refractivity contribution in [2.75, 3.05) is 13.1 Å². The van der Waals surface area contributed by atoms with Crippen LogP contribution in [0.3, 0.4) is 0 Å². The predicted molar refractivity (Wildman–Crippen MR) is 63.6 cm³/mol. The number of hydrogen-bond acceptors (Lipinski definition) is 7. The number of hydrazone groups is 1. The van der Waals surface area contributed by atoms with Crippen molar-refractivity contribution in [3.8, 4) is 0 Å². The van der Waals surface area contributed by atoms with Gasteiger partial charge in [-0.2, -0.15) is 5.10 Å². The van der Waals surface area contributed by atoms with Crippen LogP contribution in [0.25, 0.3) is 0 Å². The molecule has 0 atom stereocenters. The van der Waals surface area contributed by atoms with Crippen molar-refractivity contribution in [2.45, 2.75) is 0 Å².